The largest absolute Gasteiger partial charge is 0.377 e. The summed E-state index contributed by atoms with van der Waals surface area (Å²) in [6.45, 7) is 4.75. The number of amides is 4. The second-order valence-electron chi connectivity index (χ2n) is 9.73. The number of aromatic nitrogens is 1. The molecule has 1 heterocycles. The van der Waals surface area contributed by atoms with Gasteiger partial charge >= 0.3 is 0 Å². The number of carbonyl (C=O) groups excluding carboxylic acids is 5. The van der Waals surface area contributed by atoms with Gasteiger partial charge in [-0.1, -0.05) is 42.8 Å². The molecular formula is C32H36ClN5O6S. The van der Waals surface area contributed by atoms with Crippen molar-refractivity contribution >= 4 is 64.7 Å². The molecule has 238 valence electrons. The van der Waals surface area contributed by atoms with Crippen molar-refractivity contribution in [1.29, 1.82) is 0 Å². The van der Waals surface area contributed by atoms with Gasteiger partial charge in [0.2, 0.25) is 17.7 Å². The van der Waals surface area contributed by atoms with Gasteiger partial charge in [-0.05, 0) is 68.3 Å². The Bertz CT molecular complexity index is 1620. The first kappa shape index (κ1) is 34.9. The lowest BCUT2D eigenvalue weighted by Crippen LogP contribution is -2.46. The van der Waals surface area contributed by atoms with E-state index in [1.54, 1.807) is 65.3 Å². The van der Waals surface area contributed by atoms with Gasteiger partial charge in [-0.15, -0.1) is 0 Å². The highest BCUT2D eigenvalue weighted by molar-refractivity contribution is 7.81. The van der Waals surface area contributed by atoms with E-state index in [4.69, 9.17) is 16.4 Å². The number of carbonyl (C=O) groups is 5. The summed E-state index contributed by atoms with van der Waals surface area (Å²) in [4.78, 5) is 67.9. The zero-order valence-corrected chi connectivity index (χ0v) is 26.9. The average molecular weight is 654 g/mol. The van der Waals surface area contributed by atoms with Crippen molar-refractivity contribution in [3.05, 3.63) is 88.6 Å². The number of hydrogen-bond acceptors (Lipinski definition) is 7. The highest BCUT2D eigenvalue weighted by Gasteiger charge is 2.21. The second kappa shape index (κ2) is 17.1. The Balaban J connectivity index is 1.76. The van der Waals surface area contributed by atoms with Crippen LogP contribution in [-0.2, 0) is 25.6 Å². The van der Waals surface area contributed by atoms with Crippen LogP contribution < -0.4 is 20.8 Å². The predicted molar refractivity (Wildman–Crippen MR) is 176 cm³/mol. The Hall–Kier alpha value is -4.55. The molecule has 1 aromatic heterocycles. The molecule has 0 atom stereocenters. The van der Waals surface area contributed by atoms with E-state index < -0.39 is 30.2 Å². The maximum absolute atomic E-state index is 13.5. The predicted octanol–water partition coefficient (Wildman–Crippen LogP) is 3.39. The van der Waals surface area contributed by atoms with Gasteiger partial charge in [-0.25, -0.2) is 0 Å². The van der Waals surface area contributed by atoms with Crippen LogP contribution in [0.2, 0.25) is 5.02 Å². The number of benzene rings is 2. The molecule has 0 bridgehead atoms. The molecule has 11 nitrogen and oxygen atoms in total. The van der Waals surface area contributed by atoms with Crippen LogP contribution in [0.15, 0.2) is 66.8 Å². The van der Waals surface area contributed by atoms with Gasteiger partial charge in [0.15, 0.2) is 5.75 Å². The van der Waals surface area contributed by atoms with Crippen LogP contribution in [0.3, 0.4) is 0 Å². The molecule has 0 unspecified atom stereocenters. The summed E-state index contributed by atoms with van der Waals surface area (Å²) in [6, 6.07) is 11.9. The van der Waals surface area contributed by atoms with Crippen molar-refractivity contribution in [2.75, 3.05) is 31.9 Å². The molecule has 0 spiro atoms. The Morgan fingerprint density at radius 3 is 2.20 bits per heavy atom. The van der Waals surface area contributed by atoms with E-state index in [-0.39, 0.29) is 31.3 Å². The topological polar surface area (TPSA) is 139 Å². The molecule has 0 saturated heterocycles. The molecule has 0 saturated carbocycles. The van der Waals surface area contributed by atoms with Gasteiger partial charge in [0.25, 0.3) is 11.8 Å². The standard InChI is InChI=1S/C32H36ClN5O6S/c1-4-6-7-8-15-37(31(42)19-36-29(40)17-34-28(39)18-35-30(41)20-45)44-24-13-14-27-26(16-24)25(5-2)21(3)38(27)32(43)22-9-11-23(33)12-10-22/h4,6-14,16,45H,5,15,17-20H2,1-3H3,(H,34,39)(H,35,41)(H,36,40)/b6-4+,8-7+. The van der Waals surface area contributed by atoms with Crippen LogP contribution in [0.5, 0.6) is 5.75 Å². The van der Waals surface area contributed by atoms with Crippen molar-refractivity contribution < 1.29 is 28.8 Å². The van der Waals surface area contributed by atoms with E-state index in [1.807, 2.05) is 26.8 Å². The van der Waals surface area contributed by atoms with Crippen LogP contribution >= 0.6 is 24.2 Å². The number of nitrogens with one attached hydrogen (secondary N) is 3. The summed E-state index contributed by atoms with van der Waals surface area (Å²) in [6.07, 6.45) is 7.77. The van der Waals surface area contributed by atoms with Crippen molar-refractivity contribution in [1.82, 2.24) is 25.6 Å². The highest BCUT2D eigenvalue weighted by atomic mass is 35.5. The summed E-state index contributed by atoms with van der Waals surface area (Å²) >= 11 is 9.81. The van der Waals surface area contributed by atoms with E-state index in [1.165, 1.54) is 0 Å². The van der Waals surface area contributed by atoms with Crippen LogP contribution in [-0.4, -0.2) is 71.1 Å². The van der Waals surface area contributed by atoms with Crippen LogP contribution in [0.4, 0.5) is 0 Å². The molecule has 13 heteroatoms. The molecule has 0 fully saturated rings. The average Bonchev–Trinajstić information content (AvgIpc) is 3.32. The fourth-order valence-electron chi connectivity index (χ4n) is 4.41. The third kappa shape index (κ3) is 9.72. The van der Waals surface area contributed by atoms with Crippen LogP contribution in [0.25, 0.3) is 10.9 Å². The van der Waals surface area contributed by atoms with Crippen molar-refractivity contribution in [3.63, 3.8) is 0 Å². The molecule has 3 aromatic rings. The number of aryl methyl sites for hydroxylation is 1. The molecule has 4 amide bonds. The maximum Gasteiger partial charge on any atom is 0.274 e. The molecule has 3 rings (SSSR count). The molecule has 2 aromatic carbocycles. The molecule has 0 aliphatic heterocycles. The summed E-state index contributed by atoms with van der Waals surface area (Å²) in [7, 11) is 0. The Labute approximate surface area is 272 Å². The fourth-order valence-corrected chi connectivity index (χ4v) is 4.65. The van der Waals surface area contributed by atoms with Gasteiger partial charge in [-0.2, -0.15) is 17.7 Å². The van der Waals surface area contributed by atoms with E-state index in [2.05, 4.69) is 28.6 Å². The summed E-state index contributed by atoms with van der Waals surface area (Å²) in [5.41, 5.74) is 2.95. The zero-order chi connectivity index (χ0) is 32.9. The number of fused-ring (bicyclic) bond motifs is 1. The minimum atomic E-state index is -0.599. The number of rotatable bonds is 14. The third-order valence-corrected chi connectivity index (χ3v) is 7.17. The highest BCUT2D eigenvalue weighted by Crippen LogP contribution is 2.31. The Morgan fingerprint density at radius 1 is 0.933 bits per heavy atom. The number of halogens is 1. The Morgan fingerprint density at radius 2 is 1.58 bits per heavy atom. The summed E-state index contributed by atoms with van der Waals surface area (Å²) in [5, 5.41) is 9.62. The summed E-state index contributed by atoms with van der Waals surface area (Å²) < 4.78 is 1.66. The number of nitrogens with zero attached hydrogens (tertiary/aromatic N) is 2. The summed E-state index contributed by atoms with van der Waals surface area (Å²) in [5.74, 6) is -2.02. The minimum absolute atomic E-state index is 0.0671. The number of thiol groups is 1. The molecule has 0 aliphatic rings. The SMILES string of the molecule is C/C=C/C=C/CN(Oc1ccc2c(c1)c(CC)c(C)n2C(=O)c1ccc(Cl)cc1)C(=O)CNC(=O)CNC(=O)CNC(=O)CS. The van der Waals surface area contributed by atoms with E-state index in [0.717, 1.165) is 21.7 Å². The van der Waals surface area contributed by atoms with Gasteiger partial charge in [0.05, 0.1) is 37.4 Å². The maximum atomic E-state index is 13.5. The first-order valence-corrected chi connectivity index (χ1v) is 15.2. The molecular weight excluding hydrogens is 618 g/mol. The molecule has 3 N–H and O–H groups in total. The van der Waals surface area contributed by atoms with E-state index in [9.17, 15) is 24.0 Å². The normalized spacial score (nSPS) is 11.1. The lowest BCUT2D eigenvalue weighted by atomic mass is 10.1. The van der Waals surface area contributed by atoms with Crippen LogP contribution in [0.1, 0.15) is 35.5 Å². The monoisotopic (exact) mass is 653 g/mol. The van der Waals surface area contributed by atoms with Gasteiger partial charge in [0.1, 0.15) is 0 Å². The van der Waals surface area contributed by atoms with Gasteiger partial charge in [0, 0.05) is 21.7 Å². The zero-order valence-electron chi connectivity index (χ0n) is 25.3. The first-order valence-electron chi connectivity index (χ1n) is 14.2. The fraction of sp³-hybridized carbons (Fsp3) is 0.281. The lowest BCUT2D eigenvalue weighted by molar-refractivity contribution is -0.155. The molecule has 0 aliphatic carbocycles. The number of hydrogen-bond donors (Lipinski definition) is 4. The van der Waals surface area contributed by atoms with Gasteiger partial charge in [-0.3, -0.25) is 28.5 Å². The van der Waals surface area contributed by atoms with Crippen LogP contribution in [0, 0.1) is 6.92 Å². The minimum Gasteiger partial charge on any atom is -0.377 e. The van der Waals surface area contributed by atoms with E-state index in [0.29, 0.717) is 28.3 Å². The Kier molecular flexibility index (Phi) is 13.3. The van der Waals surface area contributed by atoms with Gasteiger partial charge < -0.3 is 20.8 Å². The first-order chi connectivity index (χ1) is 21.6. The number of allylic oxidation sites excluding steroid dienone is 3. The third-order valence-electron chi connectivity index (χ3n) is 6.63. The lowest BCUT2D eigenvalue weighted by Gasteiger charge is -2.21. The van der Waals surface area contributed by atoms with E-state index >= 15 is 0 Å². The quantitative estimate of drug-likeness (QED) is 0.120. The number of hydroxylamine groups is 2. The van der Waals surface area contributed by atoms with Crippen molar-refractivity contribution in [2.45, 2.75) is 27.2 Å². The van der Waals surface area contributed by atoms with Crippen molar-refractivity contribution in [2.24, 2.45) is 0 Å². The molecule has 0 radical (unpaired) electrons. The second-order valence-corrected chi connectivity index (χ2v) is 10.5. The van der Waals surface area contributed by atoms with Crippen molar-refractivity contribution in [3.8, 4) is 5.75 Å². The smallest absolute Gasteiger partial charge is 0.274 e. The molecule has 45 heavy (non-hydrogen) atoms.